The van der Waals surface area contributed by atoms with E-state index >= 15 is 0 Å². The second-order valence-electron chi connectivity index (χ2n) is 5.56. The number of nitrogens with zero attached hydrogens (tertiary/aromatic N) is 1. The molecule has 0 amide bonds. The molecule has 0 bridgehead atoms. The molecule has 1 heterocycles. The molecule has 0 saturated carbocycles. The van der Waals surface area contributed by atoms with Crippen LogP contribution in [0, 0.1) is 11.7 Å². The summed E-state index contributed by atoms with van der Waals surface area (Å²) in [7, 11) is 1.61. The molecule has 4 heteroatoms. The van der Waals surface area contributed by atoms with Gasteiger partial charge in [-0.1, -0.05) is 13.8 Å². The van der Waals surface area contributed by atoms with E-state index in [1.165, 1.54) is 6.07 Å². The average molecular weight is 280 g/mol. The van der Waals surface area contributed by atoms with Gasteiger partial charge in [0, 0.05) is 24.7 Å². The number of halogens is 1. The van der Waals surface area contributed by atoms with Crippen LogP contribution in [-0.2, 0) is 0 Å². The van der Waals surface area contributed by atoms with Gasteiger partial charge in [0.05, 0.1) is 12.8 Å². The van der Waals surface area contributed by atoms with Crippen LogP contribution in [0.25, 0.3) is 0 Å². The molecule has 1 N–H and O–H groups in total. The van der Waals surface area contributed by atoms with Crippen molar-refractivity contribution in [3.05, 3.63) is 24.0 Å². The van der Waals surface area contributed by atoms with Crippen LogP contribution in [0.3, 0.4) is 0 Å². The number of piperidine rings is 1. The SMILES string of the molecule is CCNC1CCN(c2cc(OC)ccc2F)C(C)C1C. The maximum Gasteiger partial charge on any atom is 0.146 e. The zero-order valence-electron chi connectivity index (χ0n) is 12.8. The van der Waals surface area contributed by atoms with E-state index in [1.807, 2.05) is 0 Å². The molecular formula is C16H25FN2O. The molecule has 1 aromatic rings. The second kappa shape index (κ2) is 6.44. The van der Waals surface area contributed by atoms with Crippen molar-refractivity contribution in [3.63, 3.8) is 0 Å². The largest absolute Gasteiger partial charge is 0.497 e. The van der Waals surface area contributed by atoms with Crippen LogP contribution in [0.4, 0.5) is 10.1 Å². The highest BCUT2D eigenvalue weighted by Crippen LogP contribution is 2.32. The van der Waals surface area contributed by atoms with E-state index in [9.17, 15) is 4.39 Å². The first-order valence-corrected chi connectivity index (χ1v) is 7.42. The maximum atomic E-state index is 14.1. The first-order valence-electron chi connectivity index (χ1n) is 7.42. The van der Waals surface area contributed by atoms with Crippen molar-refractivity contribution >= 4 is 5.69 Å². The van der Waals surface area contributed by atoms with Gasteiger partial charge < -0.3 is 15.0 Å². The summed E-state index contributed by atoms with van der Waals surface area (Å²) in [5, 5.41) is 3.53. The average Bonchev–Trinajstić information content (AvgIpc) is 2.45. The van der Waals surface area contributed by atoms with Gasteiger partial charge in [0.15, 0.2) is 0 Å². The molecular weight excluding hydrogens is 255 g/mol. The van der Waals surface area contributed by atoms with Gasteiger partial charge in [0.2, 0.25) is 0 Å². The van der Waals surface area contributed by atoms with Gasteiger partial charge in [-0.2, -0.15) is 0 Å². The third-order valence-corrected chi connectivity index (χ3v) is 4.50. The Hall–Kier alpha value is -1.29. The number of hydrogen-bond donors (Lipinski definition) is 1. The van der Waals surface area contributed by atoms with Crippen LogP contribution >= 0.6 is 0 Å². The van der Waals surface area contributed by atoms with Gasteiger partial charge in [-0.25, -0.2) is 4.39 Å². The topological polar surface area (TPSA) is 24.5 Å². The normalized spacial score (nSPS) is 26.6. The van der Waals surface area contributed by atoms with Crippen LogP contribution < -0.4 is 15.0 Å². The zero-order valence-corrected chi connectivity index (χ0v) is 12.8. The number of hydrogen-bond acceptors (Lipinski definition) is 3. The Balaban J connectivity index is 2.21. The van der Waals surface area contributed by atoms with Gasteiger partial charge in [-0.3, -0.25) is 0 Å². The van der Waals surface area contributed by atoms with Crippen molar-refractivity contribution < 1.29 is 9.13 Å². The van der Waals surface area contributed by atoms with Gasteiger partial charge in [0.25, 0.3) is 0 Å². The minimum Gasteiger partial charge on any atom is -0.497 e. The van der Waals surface area contributed by atoms with Crippen molar-refractivity contribution in [1.29, 1.82) is 0 Å². The quantitative estimate of drug-likeness (QED) is 0.917. The third kappa shape index (κ3) is 2.90. The summed E-state index contributed by atoms with van der Waals surface area (Å²) in [5.41, 5.74) is 0.652. The van der Waals surface area contributed by atoms with E-state index in [0.717, 1.165) is 19.5 Å². The number of rotatable bonds is 4. The summed E-state index contributed by atoms with van der Waals surface area (Å²) >= 11 is 0. The van der Waals surface area contributed by atoms with Crippen molar-refractivity contribution in [3.8, 4) is 5.75 Å². The molecule has 0 aromatic heterocycles. The monoisotopic (exact) mass is 280 g/mol. The predicted molar refractivity (Wildman–Crippen MR) is 81.0 cm³/mol. The smallest absolute Gasteiger partial charge is 0.146 e. The third-order valence-electron chi connectivity index (χ3n) is 4.50. The Morgan fingerprint density at radius 2 is 2.15 bits per heavy atom. The molecule has 3 unspecified atom stereocenters. The molecule has 0 radical (unpaired) electrons. The standard InChI is InChI=1S/C16H25FN2O/c1-5-18-15-8-9-19(12(3)11(15)2)16-10-13(20-4)6-7-14(16)17/h6-7,10-12,15,18H,5,8-9H2,1-4H3. The minimum absolute atomic E-state index is 0.174. The van der Waals surface area contributed by atoms with E-state index < -0.39 is 0 Å². The molecule has 3 nitrogen and oxygen atoms in total. The number of nitrogens with one attached hydrogen (secondary N) is 1. The van der Waals surface area contributed by atoms with Crippen molar-refractivity contribution in [2.75, 3.05) is 25.1 Å². The summed E-state index contributed by atoms with van der Waals surface area (Å²) in [6.45, 7) is 8.39. The highest BCUT2D eigenvalue weighted by molar-refractivity contribution is 5.53. The van der Waals surface area contributed by atoms with Crippen molar-refractivity contribution in [2.24, 2.45) is 5.92 Å². The zero-order chi connectivity index (χ0) is 14.7. The Kier molecular flexibility index (Phi) is 4.86. The molecule has 20 heavy (non-hydrogen) atoms. The Morgan fingerprint density at radius 1 is 1.40 bits per heavy atom. The Morgan fingerprint density at radius 3 is 2.80 bits per heavy atom. The van der Waals surface area contributed by atoms with Crippen molar-refractivity contribution in [2.45, 2.75) is 39.3 Å². The van der Waals surface area contributed by atoms with Gasteiger partial charge in [0.1, 0.15) is 11.6 Å². The van der Waals surface area contributed by atoms with Crippen LogP contribution in [0.1, 0.15) is 27.2 Å². The van der Waals surface area contributed by atoms with Crippen LogP contribution in [0.15, 0.2) is 18.2 Å². The Bertz CT molecular complexity index is 452. The lowest BCUT2D eigenvalue weighted by Gasteiger charge is -2.44. The van der Waals surface area contributed by atoms with Gasteiger partial charge >= 0.3 is 0 Å². The second-order valence-corrected chi connectivity index (χ2v) is 5.56. The van der Waals surface area contributed by atoms with E-state index in [0.29, 0.717) is 29.4 Å². The molecule has 3 atom stereocenters. The minimum atomic E-state index is -0.174. The van der Waals surface area contributed by atoms with Crippen LogP contribution in [-0.4, -0.2) is 32.3 Å². The lowest BCUT2D eigenvalue weighted by atomic mass is 9.86. The summed E-state index contributed by atoms with van der Waals surface area (Å²) < 4.78 is 19.3. The molecule has 1 aliphatic heterocycles. The number of anilines is 1. The molecule has 1 fully saturated rings. The highest BCUT2D eigenvalue weighted by Gasteiger charge is 2.33. The van der Waals surface area contributed by atoms with Gasteiger partial charge in [-0.05, 0) is 37.9 Å². The van der Waals surface area contributed by atoms with E-state index in [2.05, 4.69) is 31.0 Å². The van der Waals surface area contributed by atoms with E-state index in [4.69, 9.17) is 4.74 Å². The predicted octanol–water partition coefficient (Wildman–Crippen LogP) is 3.05. The Labute approximate surface area is 121 Å². The molecule has 2 rings (SSSR count). The van der Waals surface area contributed by atoms with Crippen LogP contribution in [0.5, 0.6) is 5.75 Å². The molecule has 112 valence electrons. The van der Waals surface area contributed by atoms with Gasteiger partial charge in [-0.15, -0.1) is 0 Å². The fourth-order valence-electron chi connectivity index (χ4n) is 3.09. The summed E-state index contributed by atoms with van der Waals surface area (Å²) in [5.74, 6) is 1.01. The van der Waals surface area contributed by atoms with Crippen LogP contribution in [0.2, 0.25) is 0 Å². The highest BCUT2D eigenvalue weighted by atomic mass is 19.1. The van der Waals surface area contributed by atoms with Crippen molar-refractivity contribution in [1.82, 2.24) is 5.32 Å². The van der Waals surface area contributed by atoms with E-state index in [-0.39, 0.29) is 5.82 Å². The maximum absolute atomic E-state index is 14.1. The molecule has 0 spiro atoms. The molecule has 1 aromatic carbocycles. The molecule has 1 aliphatic rings. The first kappa shape index (κ1) is 15.1. The first-order chi connectivity index (χ1) is 9.58. The number of ether oxygens (including phenoxy) is 1. The number of benzene rings is 1. The van der Waals surface area contributed by atoms with E-state index in [1.54, 1.807) is 19.2 Å². The summed E-state index contributed by atoms with van der Waals surface area (Å²) in [6.07, 6.45) is 1.04. The summed E-state index contributed by atoms with van der Waals surface area (Å²) in [6, 6.07) is 5.76. The summed E-state index contributed by atoms with van der Waals surface area (Å²) in [4.78, 5) is 2.16. The fraction of sp³-hybridized carbons (Fsp3) is 0.625. The fourth-order valence-corrected chi connectivity index (χ4v) is 3.09. The molecule has 0 aliphatic carbocycles. The molecule has 1 saturated heterocycles. The number of methoxy groups -OCH3 is 1. The lowest BCUT2D eigenvalue weighted by molar-refractivity contribution is 0.272. The lowest BCUT2D eigenvalue weighted by Crippen LogP contribution is -2.53.